The summed E-state index contributed by atoms with van der Waals surface area (Å²) >= 11 is 0. The molecule has 0 aromatic heterocycles. The molecule has 0 saturated carbocycles. The van der Waals surface area contributed by atoms with Crippen molar-refractivity contribution in [2.24, 2.45) is 0 Å². The highest BCUT2D eigenvalue weighted by Gasteiger charge is 2.55. The summed E-state index contributed by atoms with van der Waals surface area (Å²) in [6.07, 6.45) is 1.22. The van der Waals surface area contributed by atoms with Gasteiger partial charge in [-0.15, -0.1) is 0 Å². The summed E-state index contributed by atoms with van der Waals surface area (Å²) in [6, 6.07) is -0.127. The van der Waals surface area contributed by atoms with Gasteiger partial charge in [-0.25, -0.2) is 4.79 Å². The SMILES string of the molecule is COC(C)C(O)(C(=O)OCC1=CCN2CC[C@H](O)[C@@H]12)C(C)(C)O. The Hall–Kier alpha value is -0.990. The molecule has 1 fully saturated rings. The van der Waals surface area contributed by atoms with Gasteiger partial charge < -0.3 is 24.8 Å². The van der Waals surface area contributed by atoms with Crippen molar-refractivity contribution in [3.8, 4) is 0 Å². The molecule has 0 bridgehead atoms. The lowest BCUT2D eigenvalue weighted by atomic mass is 9.81. The quantitative estimate of drug-likeness (QED) is 0.444. The Morgan fingerprint density at radius 2 is 2.13 bits per heavy atom. The van der Waals surface area contributed by atoms with Crippen LogP contribution >= 0.6 is 0 Å². The number of ether oxygens (including phenoxy) is 2. The topological polar surface area (TPSA) is 99.5 Å². The molecule has 132 valence electrons. The lowest BCUT2D eigenvalue weighted by Crippen LogP contribution is -2.63. The van der Waals surface area contributed by atoms with Crippen molar-refractivity contribution in [3.05, 3.63) is 11.6 Å². The molecule has 2 unspecified atom stereocenters. The monoisotopic (exact) mass is 329 g/mol. The Labute approximate surface area is 136 Å². The van der Waals surface area contributed by atoms with Crippen molar-refractivity contribution in [1.82, 2.24) is 4.90 Å². The van der Waals surface area contributed by atoms with Gasteiger partial charge in [0.2, 0.25) is 5.60 Å². The summed E-state index contributed by atoms with van der Waals surface area (Å²) < 4.78 is 10.3. The van der Waals surface area contributed by atoms with Gasteiger partial charge in [-0.2, -0.15) is 0 Å². The fraction of sp³-hybridized carbons (Fsp3) is 0.812. The molecule has 0 amide bonds. The van der Waals surface area contributed by atoms with E-state index in [0.29, 0.717) is 6.42 Å². The third-order valence-electron chi connectivity index (χ3n) is 4.99. The molecule has 2 aliphatic rings. The molecule has 7 heteroatoms. The summed E-state index contributed by atoms with van der Waals surface area (Å²) in [5.41, 5.74) is -3.09. The summed E-state index contributed by atoms with van der Waals surface area (Å²) in [5, 5.41) is 30.9. The Morgan fingerprint density at radius 1 is 1.48 bits per heavy atom. The molecule has 2 aliphatic heterocycles. The van der Waals surface area contributed by atoms with E-state index in [1.165, 1.54) is 27.9 Å². The molecule has 4 atom stereocenters. The molecule has 2 heterocycles. The number of fused-ring (bicyclic) bond motifs is 1. The van der Waals surface area contributed by atoms with Crippen molar-refractivity contribution in [3.63, 3.8) is 0 Å². The maximum absolute atomic E-state index is 12.4. The third-order valence-corrected chi connectivity index (χ3v) is 4.99. The van der Waals surface area contributed by atoms with Crippen molar-refractivity contribution in [1.29, 1.82) is 0 Å². The van der Waals surface area contributed by atoms with Gasteiger partial charge in [0.25, 0.3) is 0 Å². The average Bonchev–Trinajstić information content (AvgIpc) is 3.05. The number of hydrogen-bond acceptors (Lipinski definition) is 7. The number of esters is 1. The molecule has 23 heavy (non-hydrogen) atoms. The lowest BCUT2D eigenvalue weighted by Gasteiger charge is -2.40. The zero-order valence-electron chi connectivity index (χ0n) is 14.2. The van der Waals surface area contributed by atoms with Gasteiger partial charge >= 0.3 is 5.97 Å². The molecule has 0 radical (unpaired) electrons. The second-order valence-electron chi connectivity index (χ2n) is 6.85. The predicted molar refractivity (Wildman–Crippen MR) is 82.7 cm³/mol. The number of aliphatic hydroxyl groups excluding tert-OH is 1. The molecule has 0 spiro atoms. The van der Waals surface area contributed by atoms with Crippen LogP contribution in [0.2, 0.25) is 0 Å². The highest BCUT2D eigenvalue weighted by molar-refractivity contribution is 5.82. The molecular weight excluding hydrogens is 302 g/mol. The first-order valence-corrected chi connectivity index (χ1v) is 7.88. The Morgan fingerprint density at radius 3 is 2.70 bits per heavy atom. The van der Waals surface area contributed by atoms with Crippen molar-refractivity contribution < 1.29 is 29.6 Å². The minimum Gasteiger partial charge on any atom is -0.459 e. The van der Waals surface area contributed by atoms with Crippen LogP contribution in [-0.4, -0.2) is 82.4 Å². The number of rotatable bonds is 6. The first-order chi connectivity index (χ1) is 10.6. The molecule has 0 aromatic rings. The summed E-state index contributed by atoms with van der Waals surface area (Å²) in [7, 11) is 1.35. The largest absolute Gasteiger partial charge is 0.459 e. The summed E-state index contributed by atoms with van der Waals surface area (Å²) in [6.45, 7) is 5.68. The standard InChI is InChI=1S/C16H27NO6/c1-10(22-4)16(21,15(2,3)20)14(19)23-9-11-5-7-17-8-6-12(18)13(11)17/h5,10,12-13,18,20-21H,6-9H2,1-4H3/t10?,12-,13+,16?/m0/s1. The Bertz CT molecular complexity index is 485. The molecule has 0 aliphatic carbocycles. The molecular formula is C16H27NO6. The van der Waals surface area contributed by atoms with Crippen LogP contribution in [0.25, 0.3) is 0 Å². The van der Waals surface area contributed by atoms with E-state index >= 15 is 0 Å². The van der Waals surface area contributed by atoms with E-state index < -0.39 is 29.4 Å². The number of carbonyl (C=O) groups is 1. The second kappa shape index (κ2) is 6.49. The van der Waals surface area contributed by atoms with Gasteiger partial charge in [-0.3, -0.25) is 4.90 Å². The fourth-order valence-corrected chi connectivity index (χ4v) is 3.37. The molecule has 7 nitrogen and oxygen atoms in total. The van der Waals surface area contributed by atoms with Crippen molar-refractivity contribution >= 4 is 5.97 Å². The van der Waals surface area contributed by atoms with E-state index in [2.05, 4.69) is 4.90 Å². The normalized spacial score (nSPS) is 28.9. The number of nitrogens with zero attached hydrogens (tertiary/aromatic N) is 1. The highest BCUT2D eigenvalue weighted by atomic mass is 16.6. The Kier molecular flexibility index (Phi) is 5.18. The van der Waals surface area contributed by atoms with E-state index in [1.807, 2.05) is 6.08 Å². The number of carbonyl (C=O) groups excluding carboxylic acids is 1. The third kappa shape index (κ3) is 3.16. The second-order valence-corrected chi connectivity index (χ2v) is 6.85. The van der Waals surface area contributed by atoms with Crippen LogP contribution in [0.3, 0.4) is 0 Å². The summed E-state index contributed by atoms with van der Waals surface area (Å²) in [5.74, 6) is -0.939. The average molecular weight is 329 g/mol. The van der Waals surface area contributed by atoms with E-state index in [1.54, 1.807) is 0 Å². The zero-order valence-corrected chi connectivity index (χ0v) is 14.2. The van der Waals surface area contributed by atoms with Crippen LogP contribution < -0.4 is 0 Å². The van der Waals surface area contributed by atoms with Crippen molar-refractivity contribution in [2.75, 3.05) is 26.8 Å². The molecule has 2 rings (SSSR count). The summed E-state index contributed by atoms with van der Waals surface area (Å²) in [4.78, 5) is 14.5. The number of hydrogen-bond donors (Lipinski definition) is 3. The minimum absolute atomic E-state index is 0.0219. The van der Waals surface area contributed by atoms with E-state index in [4.69, 9.17) is 9.47 Å². The van der Waals surface area contributed by atoms with Crippen LogP contribution in [-0.2, 0) is 14.3 Å². The van der Waals surface area contributed by atoms with Gasteiger partial charge in [0.05, 0.1) is 18.2 Å². The van der Waals surface area contributed by atoms with Crippen molar-refractivity contribution in [2.45, 2.75) is 56.6 Å². The van der Waals surface area contributed by atoms with Crippen LogP contribution in [0.4, 0.5) is 0 Å². The van der Waals surface area contributed by atoms with E-state index in [-0.39, 0.29) is 12.6 Å². The van der Waals surface area contributed by atoms with Crippen LogP contribution in [0, 0.1) is 0 Å². The smallest absolute Gasteiger partial charge is 0.344 e. The molecule has 0 aromatic carbocycles. The number of aliphatic hydroxyl groups is 3. The van der Waals surface area contributed by atoms with E-state index in [9.17, 15) is 20.1 Å². The van der Waals surface area contributed by atoms with Crippen LogP contribution in [0.5, 0.6) is 0 Å². The molecule has 3 N–H and O–H groups in total. The minimum atomic E-state index is -2.19. The van der Waals surface area contributed by atoms with Gasteiger partial charge in [0.1, 0.15) is 12.2 Å². The molecule has 1 saturated heterocycles. The van der Waals surface area contributed by atoms with Gasteiger partial charge in [-0.05, 0) is 32.8 Å². The maximum Gasteiger partial charge on any atom is 0.344 e. The maximum atomic E-state index is 12.4. The van der Waals surface area contributed by atoms with Crippen LogP contribution in [0.15, 0.2) is 11.6 Å². The van der Waals surface area contributed by atoms with Crippen LogP contribution in [0.1, 0.15) is 27.2 Å². The highest BCUT2D eigenvalue weighted by Crippen LogP contribution is 2.31. The first-order valence-electron chi connectivity index (χ1n) is 7.88. The number of methoxy groups -OCH3 is 1. The van der Waals surface area contributed by atoms with E-state index in [0.717, 1.165) is 18.7 Å². The Balaban J connectivity index is 2.06. The predicted octanol–water partition coefficient (Wildman–Crippen LogP) is -0.558. The zero-order chi connectivity index (χ0) is 17.4. The lowest BCUT2D eigenvalue weighted by molar-refractivity contribution is -0.216. The van der Waals surface area contributed by atoms with Gasteiger partial charge in [0.15, 0.2) is 0 Å². The van der Waals surface area contributed by atoms with Gasteiger partial charge in [0, 0.05) is 20.2 Å². The van der Waals surface area contributed by atoms with Gasteiger partial charge in [-0.1, -0.05) is 6.08 Å². The fourth-order valence-electron chi connectivity index (χ4n) is 3.37. The first kappa shape index (κ1) is 18.4.